The number of thioether (sulfide) groups is 1. The molecule has 1 aliphatic rings. The lowest BCUT2D eigenvalue weighted by Gasteiger charge is -2.13. The molecule has 0 aliphatic carbocycles. The molecule has 0 aromatic heterocycles. The Morgan fingerprint density at radius 3 is 2.48 bits per heavy atom. The summed E-state index contributed by atoms with van der Waals surface area (Å²) in [5.74, 6) is 0.900. The van der Waals surface area contributed by atoms with Crippen molar-refractivity contribution in [3.05, 3.63) is 93.9 Å². The molecule has 1 aliphatic heterocycles. The highest BCUT2D eigenvalue weighted by atomic mass is 35.5. The monoisotopic (exact) mass is 451 g/mol. The molecule has 5 nitrogen and oxygen atoms in total. The number of halogens is 1. The predicted molar refractivity (Wildman–Crippen MR) is 124 cm³/mol. The lowest BCUT2D eigenvalue weighted by molar-refractivity contribution is -0.113. The average molecular weight is 452 g/mol. The molecule has 0 bridgehead atoms. The Morgan fingerprint density at radius 2 is 1.74 bits per heavy atom. The highest BCUT2D eigenvalue weighted by Gasteiger charge is 2.36. The molecule has 0 N–H and O–H groups in total. The van der Waals surface area contributed by atoms with Gasteiger partial charge in [0.25, 0.3) is 11.1 Å². The van der Waals surface area contributed by atoms with Gasteiger partial charge in [0, 0.05) is 16.7 Å². The van der Waals surface area contributed by atoms with E-state index in [1.165, 1.54) is 7.11 Å². The molecule has 3 aromatic carbocycles. The SMILES string of the molecule is COc1cccc(N2C(=O)S/C(=C\c3ccc(OCc4ccccc4Cl)cc3)C2=O)c1. The van der Waals surface area contributed by atoms with E-state index in [-0.39, 0.29) is 11.1 Å². The van der Waals surface area contributed by atoms with Crippen LogP contribution in [0.2, 0.25) is 5.02 Å². The summed E-state index contributed by atoms with van der Waals surface area (Å²) < 4.78 is 11.0. The van der Waals surface area contributed by atoms with Crippen LogP contribution in [0.3, 0.4) is 0 Å². The van der Waals surface area contributed by atoms with Crippen LogP contribution in [0.1, 0.15) is 11.1 Å². The topological polar surface area (TPSA) is 55.8 Å². The summed E-state index contributed by atoms with van der Waals surface area (Å²) in [6.07, 6.45) is 1.70. The smallest absolute Gasteiger partial charge is 0.298 e. The van der Waals surface area contributed by atoms with Crippen LogP contribution < -0.4 is 14.4 Å². The standard InChI is InChI=1S/C24H18ClNO4S/c1-29-20-7-4-6-18(14-20)26-23(27)22(31-24(26)28)13-16-9-11-19(12-10-16)30-15-17-5-2-3-8-21(17)25/h2-14H,15H2,1H3/b22-13-. The quantitative estimate of drug-likeness (QED) is 0.419. The first-order valence-corrected chi connectivity index (χ1v) is 10.6. The minimum atomic E-state index is -0.359. The zero-order valence-electron chi connectivity index (χ0n) is 16.6. The second kappa shape index (κ2) is 9.29. The summed E-state index contributed by atoms with van der Waals surface area (Å²) in [6.45, 7) is 0.360. The van der Waals surface area contributed by atoms with Crippen molar-refractivity contribution < 1.29 is 19.1 Å². The van der Waals surface area contributed by atoms with Crippen LogP contribution in [-0.4, -0.2) is 18.3 Å². The third kappa shape index (κ3) is 4.76. The third-order valence-electron chi connectivity index (χ3n) is 4.64. The zero-order valence-corrected chi connectivity index (χ0v) is 18.2. The van der Waals surface area contributed by atoms with Crippen molar-refractivity contribution in [2.24, 2.45) is 0 Å². The van der Waals surface area contributed by atoms with Gasteiger partial charge in [-0.1, -0.05) is 48.0 Å². The molecule has 31 heavy (non-hydrogen) atoms. The lowest BCUT2D eigenvalue weighted by Crippen LogP contribution is -2.27. The number of carbonyl (C=O) groups is 2. The Bertz CT molecular complexity index is 1160. The normalized spacial score (nSPS) is 14.9. The van der Waals surface area contributed by atoms with Crippen LogP contribution in [0.25, 0.3) is 6.08 Å². The molecule has 7 heteroatoms. The Labute approximate surface area is 189 Å². The first kappa shape index (κ1) is 21.0. The Balaban J connectivity index is 1.46. The third-order valence-corrected chi connectivity index (χ3v) is 5.87. The molecule has 4 rings (SSSR count). The minimum Gasteiger partial charge on any atom is -0.497 e. The van der Waals surface area contributed by atoms with Crippen molar-refractivity contribution in [3.63, 3.8) is 0 Å². The van der Waals surface area contributed by atoms with Crippen molar-refractivity contribution in [3.8, 4) is 11.5 Å². The number of imide groups is 1. The summed E-state index contributed by atoms with van der Waals surface area (Å²) in [7, 11) is 1.54. The summed E-state index contributed by atoms with van der Waals surface area (Å²) in [5.41, 5.74) is 2.18. The Kier molecular flexibility index (Phi) is 6.30. The molecule has 1 saturated heterocycles. The van der Waals surface area contributed by atoms with Crippen LogP contribution >= 0.6 is 23.4 Å². The largest absolute Gasteiger partial charge is 0.497 e. The number of hydrogen-bond acceptors (Lipinski definition) is 5. The van der Waals surface area contributed by atoms with Gasteiger partial charge >= 0.3 is 0 Å². The minimum absolute atomic E-state index is 0.343. The van der Waals surface area contributed by atoms with Gasteiger partial charge in [-0.25, -0.2) is 4.90 Å². The molecule has 0 unspecified atom stereocenters. The number of amides is 2. The van der Waals surface area contributed by atoms with Crippen LogP contribution in [0.4, 0.5) is 10.5 Å². The molecular weight excluding hydrogens is 434 g/mol. The van der Waals surface area contributed by atoms with Gasteiger partial charge in [0.2, 0.25) is 0 Å². The van der Waals surface area contributed by atoms with Gasteiger partial charge < -0.3 is 9.47 Å². The van der Waals surface area contributed by atoms with Crippen LogP contribution in [0, 0.1) is 0 Å². The van der Waals surface area contributed by atoms with Crippen molar-refractivity contribution in [2.75, 3.05) is 12.0 Å². The van der Waals surface area contributed by atoms with E-state index in [0.717, 1.165) is 27.8 Å². The van der Waals surface area contributed by atoms with Gasteiger partial charge in [-0.15, -0.1) is 0 Å². The highest BCUT2D eigenvalue weighted by molar-refractivity contribution is 8.19. The van der Waals surface area contributed by atoms with Gasteiger partial charge in [-0.2, -0.15) is 0 Å². The molecule has 0 spiro atoms. The van der Waals surface area contributed by atoms with Crippen molar-refractivity contribution in [2.45, 2.75) is 6.61 Å². The number of hydrogen-bond donors (Lipinski definition) is 0. The fraction of sp³-hybridized carbons (Fsp3) is 0.0833. The summed E-state index contributed by atoms with van der Waals surface area (Å²) in [6, 6.07) is 21.7. The predicted octanol–water partition coefficient (Wildman–Crippen LogP) is 6.17. The number of rotatable bonds is 6. The molecule has 0 atom stereocenters. The molecule has 1 fully saturated rings. The number of ether oxygens (including phenoxy) is 2. The van der Waals surface area contributed by atoms with Gasteiger partial charge in [-0.05, 0) is 53.7 Å². The van der Waals surface area contributed by atoms with E-state index in [1.54, 1.807) is 30.3 Å². The Hall–Kier alpha value is -3.22. The molecule has 1 heterocycles. The maximum Gasteiger partial charge on any atom is 0.298 e. The van der Waals surface area contributed by atoms with Crippen molar-refractivity contribution in [1.82, 2.24) is 0 Å². The summed E-state index contributed by atoms with van der Waals surface area (Å²) in [4.78, 5) is 26.8. The first-order valence-electron chi connectivity index (χ1n) is 9.43. The van der Waals surface area contributed by atoms with E-state index >= 15 is 0 Å². The average Bonchev–Trinajstić information content (AvgIpc) is 3.07. The second-order valence-corrected chi connectivity index (χ2v) is 8.07. The fourth-order valence-corrected chi connectivity index (χ4v) is 4.06. The molecule has 2 amide bonds. The van der Waals surface area contributed by atoms with E-state index < -0.39 is 0 Å². The van der Waals surface area contributed by atoms with Crippen LogP contribution in [0.15, 0.2) is 77.7 Å². The van der Waals surface area contributed by atoms with Gasteiger partial charge in [0.05, 0.1) is 17.7 Å². The number of anilines is 1. The number of carbonyl (C=O) groups excluding carboxylic acids is 2. The summed E-state index contributed by atoms with van der Waals surface area (Å²) >= 11 is 7.06. The van der Waals surface area contributed by atoms with Crippen LogP contribution in [-0.2, 0) is 11.4 Å². The molecule has 156 valence electrons. The molecular formula is C24H18ClNO4S. The van der Waals surface area contributed by atoms with E-state index in [1.807, 2.05) is 48.5 Å². The van der Waals surface area contributed by atoms with E-state index in [2.05, 4.69) is 0 Å². The van der Waals surface area contributed by atoms with Crippen molar-refractivity contribution >= 4 is 46.3 Å². The summed E-state index contributed by atoms with van der Waals surface area (Å²) in [5, 5.41) is 0.315. The molecule has 0 saturated carbocycles. The molecule has 3 aromatic rings. The number of methoxy groups -OCH3 is 1. The fourth-order valence-electron chi connectivity index (χ4n) is 3.03. The highest BCUT2D eigenvalue weighted by Crippen LogP contribution is 2.36. The maximum atomic E-state index is 12.8. The van der Waals surface area contributed by atoms with E-state index in [0.29, 0.717) is 33.7 Å². The number of nitrogens with zero attached hydrogens (tertiary/aromatic N) is 1. The molecule has 0 radical (unpaired) electrons. The van der Waals surface area contributed by atoms with Gasteiger partial charge in [-0.3, -0.25) is 9.59 Å². The van der Waals surface area contributed by atoms with E-state index in [9.17, 15) is 9.59 Å². The lowest BCUT2D eigenvalue weighted by atomic mass is 10.2. The van der Waals surface area contributed by atoms with Gasteiger partial charge in [0.15, 0.2) is 0 Å². The second-order valence-electron chi connectivity index (χ2n) is 6.67. The maximum absolute atomic E-state index is 12.8. The first-order chi connectivity index (χ1) is 15.0. The van der Waals surface area contributed by atoms with Crippen molar-refractivity contribution in [1.29, 1.82) is 0 Å². The van der Waals surface area contributed by atoms with Crippen LogP contribution in [0.5, 0.6) is 11.5 Å². The zero-order chi connectivity index (χ0) is 21.8. The number of benzene rings is 3. The Morgan fingerprint density at radius 1 is 0.968 bits per heavy atom. The van der Waals surface area contributed by atoms with E-state index in [4.69, 9.17) is 21.1 Å². The van der Waals surface area contributed by atoms with Gasteiger partial charge in [0.1, 0.15) is 18.1 Å².